The summed E-state index contributed by atoms with van der Waals surface area (Å²) in [5.41, 5.74) is 5.57. The molecule has 0 radical (unpaired) electrons. The predicted octanol–water partition coefficient (Wildman–Crippen LogP) is 3.97. The molecule has 2 aromatic carbocycles. The SMILES string of the molecule is Cc1cc(C)cc(-c2nn(-c3ccccc3)cc2C=O)c1. The maximum absolute atomic E-state index is 11.4. The molecule has 0 aliphatic heterocycles. The topological polar surface area (TPSA) is 34.9 Å². The van der Waals surface area contributed by atoms with Crippen LogP contribution in [0.3, 0.4) is 0 Å². The van der Waals surface area contributed by atoms with Crippen molar-refractivity contribution in [1.82, 2.24) is 9.78 Å². The summed E-state index contributed by atoms with van der Waals surface area (Å²) in [6.45, 7) is 4.09. The number of hydrogen-bond acceptors (Lipinski definition) is 2. The van der Waals surface area contributed by atoms with Crippen LogP contribution in [0.15, 0.2) is 54.7 Å². The second-order valence-corrected chi connectivity index (χ2v) is 5.21. The fourth-order valence-corrected chi connectivity index (χ4v) is 2.52. The zero-order chi connectivity index (χ0) is 14.8. The molecule has 0 spiro atoms. The monoisotopic (exact) mass is 276 g/mol. The highest BCUT2D eigenvalue weighted by Crippen LogP contribution is 2.24. The number of carbonyl (C=O) groups is 1. The first-order valence-electron chi connectivity index (χ1n) is 6.86. The van der Waals surface area contributed by atoms with Gasteiger partial charge in [-0.05, 0) is 38.1 Å². The Balaban J connectivity index is 2.14. The van der Waals surface area contributed by atoms with E-state index in [-0.39, 0.29) is 0 Å². The lowest BCUT2D eigenvalue weighted by atomic mass is 10.0. The molecule has 3 aromatic rings. The molecule has 104 valence electrons. The first-order chi connectivity index (χ1) is 10.2. The van der Waals surface area contributed by atoms with Crippen molar-refractivity contribution in [2.45, 2.75) is 13.8 Å². The third kappa shape index (κ3) is 2.63. The number of benzene rings is 2. The molecule has 0 aliphatic carbocycles. The molecule has 3 nitrogen and oxygen atoms in total. The number of hydrogen-bond donors (Lipinski definition) is 0. The van der Waals surface area contributed by atoms with Crippen LogP contribution >= 0.6 is 0 Å². The number of para-hydroxylation sites is 1. The first kappa shape index (κ1) is 13.3. The zero-order valence-electron chi connectivity index (χ0n) is 12.1. The lowest BCUT2D eigenvalue weighted by molar-refractivity contribution is 0.112. The number of carbonyl (C=O) groups excluding carboxylic acids is 1. The molecule has 0 unspecified atom stereocenters. The smallest absolute Gasteiger partial charge is 0.153 e. The number of aldehydes is 1. The first-order valence-corrected chi connectivity index (χ1v) is 6.86. The average Bonchev–Trinajstić information content (AvgIpc) is 2.91. The minimum Gasteiger partial charge on any atom is -0.298 e. The molecule has 0 saturated carbocycles. The lowest BCUT2D eigenvalue weighted by Crippen LogP contribution is -1.94. The van der Waals surface area contributed by atoms with E-state index in [4.69, 9.17) is 0 Å². The van der Waals surface area contributed by atoms with E-state index >= 15 is 0 Å². The third-order valence-corrected chi connectivity index (χ3v) is 3.39. The molecule has 1 heterocycles. The minimum atomic E-state index is 0.601. The molecule has 3 rings (SSSR count). The Hall–Kier alpha value is -2.68. The summed E-state index contributed by atoms with van der Waals surface area (Å²) in [5.74, 6) is 0. The Morgan fingerprint density at radius 2 is 1.67 bits per heavy atom. The van der Waals surface area contributed by atoms with Gasteiger partial charge in [-0.15, -0.1) is 0 Å². The van der Waals surface area contributed by atoms with Gasteiger partial charge >= 0.3 is 0 Å². The van der Waals surface area contributed by atoms with Crippen LogP contribution in [0.5, 0.6) is 0 Å². The summed E-state index contributed by atoms with van der Waals surface area (Å²) in [7, 11) is 0. The Morgan fingerprint density at radius 1 is 1.00 bits per heavy atom. The van der Waals surface area contributed by atoms with Crippen LogP contribution in [0.25, 0.3) is 16.9 Å². The van der Waals surface area contributed by atoms with Gasteiger partial charge in [-0.25, -0.2) is 4.68 Å². The molecule has 0 bridgehead atoms. The Morgan fingerprint density at radius 3 is 2.29 bits per heavy atom. The van der Waals surface area contributed by atoms with Crippen LogP contribution < -0.4 is 0 Å². The molecule has 3 heteroatoms. The number of aryl methyl sites for hydroxylation is 2. The van der Waals surface area contributed by atoms with E-state index < -0.39 is 0 Å². The van der Waals surface area contributed by atoms with Gasteiger partial charge < -0.3 is 0 Å². The zero-order valence-corrected chi connectivity index (χ0v) is 12.1. The fraction of sp³-hybridized carbons (Fsp3) is 0.111. The van der Waals surface area contributed by atoms with Crippen molar-refractivity contribution in [2.24, 2.45) is 0 Å². The van der Waals surface area contributed by atoms with E-state index in [1.54, 1.807) is 10.9 Å². The summed E-state index contributed by atoms with van der Waals surface area (Å²) in [4.78, 5) is 11.4. The van der Waals surface area contributed by atoms with Crippen LogP contribution in [0.4, 0.5) is 0 Å². The van der Waals surface area contributed by atoms with Crippen molar-refractivity contribution in [3.63, 3.8) is 0 Å². The molecular formula is C18H16N2O. The maximum Gasteiger partial charge on any atom is 0.153 e. The summed E-state index contributed by atoms with van der Waals surface area (Å²) in [6, 6.07) is 16.0. The van der Waals surface area contributed by atoms with Gasteiger partial charge in [0.25, 0.3) is 0 Å². The summed E-state index contributed by atoms with van der Waals surface area (Å²) >= 11 is 0. The molecule has 0 amide bonds. The van der Waals surface area contributed by atoms with Crippen LogP contribution in [0.1, 0.15) is 21.5 Å². The second-order valence-electron chi connectivity index (χ2n) is 5.21. The van der Waals surface area contributed by atoms with Crippen LogP contribution in [-0.4, -0.2) is 16.1 Å². The number of nitrogens with zero attached hydrogens (tertiary/aromatic N) is 2. The average molecular weight is 276 g/mol. The van der Waals surface area contributed by atoms with E-state index in [2.05, 4.69) is 23.3 Å². The van der Waals surface area contributed by atoms with Gasteiger partial charge in [0.1, 0.15) is 5.69 Å². The molecule has 0 atom stereocenters. The molecule has 0 fully saturated rings. The Bertz CT molecular complexity index is 768. The maximum atomic E-state index is 11.4. The van der Waals surface area contributed by atoms with Crippen molar-refractivity contribution in [3.8, 4) is 16.9 Å². The van der Waals surface area contributed by atoms with Crippen molar-refractivity contribution in [1.29, 1.82) is 0 Å². The van der Waals surface area contributed by atoms with Crippen molar-refractivity contribution in [3.05, 3.63) is 71.4 Å². The van der Waals surface area contributed by atoms with Crippen LogP contribution in [-0.2, 0) is 0 Å². The van der Waals surface area contributed by atoms with Crippen LogP contribution in [0, 0.1) is 13.8 Å². The largest absolute Gasteiger partial charge is 0.298 e. The van der Waals surface area contributed by atoms with E-state index in [1.165, 1.54) is 0 Å². The highest BCUT2D eigenvalue weighted by molar-refractivity contribution is 5.85. The number of aromatic nitrogens is 2. The van der Waals surface area contributed by atoms with Gasteiger partial charge in [-0.2, -0.15) is 5.10 Å². The van der Waals surface area contributed by atoms with Crippen molar-refractivity contribution < 1.29 is 4.79 Å². The Labute approximate surface area is 123 Å². The quantitative estimate of drug-likeness (QED) is 0.678. The van der Waals surface area contributed by atoms with Gasteiger partial charge in [0.2, 0.25) is 0 Å². The number of rotatable bonds is 3. The normalized spacial score (nSPS) is 10.6. The minimum absolute atomic E-state index is 0.601. The highest BCUT2D eigenvalue weighted by Gasteiger charge is 2.12. The summed E-state index contributed by atoms with van der Waals surface area (Å²) in [6.07, 6.45) is 2.63. The van der Waals surface area contributed by atoms with E-state index in [1.807, 2.05) is 44.2 Å². The molecule has 0 N–H and O–H groups in total. The third-order valence-electron chi connectivity index (χ3n) is 3.39. The van der Waals surface area contributed by atoms with Crippen LogP contribution in [0.2, 0.25) is 0 Å². The van der Waals surface area contributed by atoms with Crippen molar-refractivity contribution in [2.75, 3.05) is 0 Å². The Kier molecular flexibility index (Phi) is 3.40. The predicted molar refractivity (Wildman–Crippen MR) is 83.9 cm³/mol. The van der Waals surface area contributed by atoms with Gasteiger partial charge in [0.15, 0.2) is 6.29 Å². The highest BCUT2D eigenvalue weighted by atomic mass is 16.1. The van der Waals surface area contributed by atoms with Gasteiger partial charge in [-0.3, -0.25) is 4.79 Å². The van der Waals surface area contributed by atoms with Gasteiger partial charge in [-0.1, -0.05) is 35.4 Å². The van der Waals surface area contributed by atoms with Crippen molar-refractivity contribution >= 4 is 6.29 Å². The second kappa shape index (κ2) is 5.37. The molecular weight excluding hydrogens is 260 g/mol. The molecule has 0 saturated heterocycles. The van der Waals surface area contributed by atoms with Gasteiger partial charge in [0.05, 0.1) is 11.3 Å². The van der Waals surface area contributed by atoms with E-state index in [0.717, 1.165) is 34.4 Å². The van der Waals surface area contributed by atoms with E-state index in [0.29, 0.717) is 5.56 Å². The van der Waals surface area contributed by atoms with E-state index in [9.17, 15) is 4.79 Å². The summed E-state index contributed by atoms with van der Waals surface area (Å²) < 4.78 is 1.75. The molecule has 1 aromatic heterocycles. The standard InChI is InChI=1S/C18H16N2O/c1-13-8-14(2)10-15(9-13)18-16(12-21)11-20(19-18)17-6-4-3-5-7-17/h3-12H,1-2H3. The summed E-state index contributed by atoms with van der Waals surface area (Å²) in [5, 5.41) is 4.59. The van der Waals surface area contributed by atoms with Gasteiger partial charge in [0, 0.05) is 11.8 Å². The molecule has 0 aliphatic rings. The lowest BCUT2D eigenvalue weighted by Gasteiger charge is -2.03. The fourth-order valence-electron chi connectivity index (χ4n) is 2.52. The molecule has 21 heavy (non-hydrogen) atoms.